The van der Waals surface area contributed by atoms with E-state index in [1.54, 1.807) is 0 Å². The molecule has 5 rings (SSSR count). The third-order valence-corrected chi connectivity index (χ3v) is 9.29. The SMILES string of the molecule is C=C(F)C(=O)N1CCN(c2cc(C(=O)N[C@H](C)CN(C)C(C)C)nc3c2CCN(c2cccc4cccc(C)c24)C3)C[C@@H]1CC#N. The standard InChI is InChI=1S/C36H44FN7O2/c1-23(2)41(6)20-25(4)39-35(45)30-19-33(43-17-18-44(36(46)26(5)37)28(21-43)13-15-38)29-14-16-42(22-31(29)40-30)32-12-8-11-27-10-7-9-24(3)34(27)32/h7-12,19,23,25,28H,5,13-14,16-18,20-22H2,1-4,6H3,(H,39,45)/t25-,28+/m1/s1. The molecule has 2 aliphatic heterocycles. The minimum absolute atomic E-state index is 0.0607. The summed E-state index contributed by atoms with van der Waals surface area (Å²) in [6.45, 7) is 14.5. The second-order valence-corrected chi connectivity index (χ2v) is 12.8. The minimum atomic E-state index is -1.03. The summed E-state index contributed by atoms with van der Waals surface area (Å²) in [5, 5.41) is 15.1. The fraction of sp³-hybridized carbons (Fsp3) is 0.444. The lowest BCUT2D eigenvalue weighted by molar-refractivity contribution is -0.131. The molecule has 1 fully saturated rings. The number of pyridine rings is 1. The molecule has 3 aromatic rings. The molecule has 0 aliphatic carbocycles. The smallest absolute Gasteiger partial charge is 0.282 e. The Hall–Kier alpha value is -4.49. The molecule has 0 unspecified atom stereocenters. The van der Waals surface area contributed by atoms with Crippen molar-refractivity contribution in [2.45, 2.75) is 65.2 Å². The molecule has 0 saturated carbocycles. The van der Waals surface area contributed by atoms with Crippen molar-refractivity contribution in [3.8, 4) is 6.07 Å². The molecular formula is C36H44FN7O2. The van der Waals surface area contributed by atoms with Gasteiger partial charge in [0.1, 0.15) is 5.69 Å². The molecule has 1 N–H and O–H groups in total. The van der Waals surface area contributed by atoms with Crippen LogP contribution >= 0.6 is 0 Å². The Morgan fingerprint density at radius 3 is 2.57 bits per heavy atom. The van der Waals surface area contributed by atoms with E-state index in [1.165, 1.54) is 21.2 Å². The van der Waals surface area contributed by atoms with Gasteiger partial charge in [0.05, 0.1) is 30.8 Å². The highest BCUT2D eigenvalue weighted by Crippen LogP contribution is 2.36. The summed E-state index contributed by atoms with van der Waals surface area (Å²) in [7, 11) is 2.03. The first-order valence-electron chi connectivity index (χ1n) is 16.0. The average Bonchev–Trinajstić information content (AvgIpc) is 3.03. The van der Waals surface area contributed by atoms with Gasteiger partial charge < -0.3 is 24.9 Å². The van der Waals surface area contributed by atoms with Crippen molar-refractivity contribution in [3.63, 3.8) is 0 Å². The first-order chi connectivity index (χ1) is 22.0. The zero-order valence-electron chi connectivity index (χ0n) is 27.5. The van der Waals surface area contributed by atoms with Crippen LogP contribution in [0.5, 0.6) is 0 Å². The van der Waals surface area contributed by atoms with Gasteiger partial charge in [0, 0.05) is 67.1 Å². The van der Waals surface area contributed by atoms with Crippen molar-refractivity contribution >= 4 is 34.0 Å². The molecule has 0 bridgehead atoms. The molecule has 2 atom stereocenters. The molecule has 1 saturated heterocycles. The molecule has 242 valence electrons. The maximum atomic E-state index is 13.9. The Bertz CT molecular complexity index is 1680. The van der Waals surface area contributed by atoms with Gasteiger partial charge in [-0.3, -0.25) is 9.59 Å². The zero-order chi connectivity index (χ0) is 33.1. The van der Waals surface area contributed by atoms with Crippen molar-refractivity contribution in [1.29, 1.82) is 5.26 Å². The monoisotopic (exact) mass is 625 g/mol. The quantitative estimate of drug-likeness (QED) is 0.335. The molecule has 0 spiro atoms. The summed E-state index contributed by atoms with van der Waals surface area (Å²) in [4.78, 5) is 39.3. The van der Waals surface area contributed by atoms with Gasteiger partial charge in [-0.25, -0.2) is 9.37 Å². The number of hydrogen-bond donors (Lipinski definition) is 1. The van der Waals surface area contributed by atoms with Crippen LogP contribution in [0.3, 0.4) is 0 Å². The lowest BCUT2D eigenvalue weighted by Gasteiger charge is -2.43. The van der Waals surface area contributed by atoms with Crippen molar-refractivity contribution in [3.05, 3.63) is 77.4 Å². The van der Waals surface area contributed by atoms with Gasteiger partial charge in [-0.1, -0.05) is 36.9 Å². The maximum Gasteiger partial charge on any atom is 0.282 e. The summed E-state index contributed by atoms with van der Waals surface area (Å²) in [5.41, 5.74) is 5.44. The number of carbonyl (C=O) groups is 2. The Kier molecular flexibility index (Phi) is 9.92. The predicted octanol–water partition coefficient (Wildman–Crippen LogP) is 4.98. The summed E-state index contributed by atoms with van der Waals surface area (Å²) in [6, 6.07) is 16.4. The van der Waals surface area contributed by atoms with Crippen LogP contribution < -0.4 is 15.1 Å². The van der Waals surface area contributed by atoms with Crippen molar-refractivity contribution in [2.24, 2.45) is 0 Å². The summed E-state index contributed by atoms with van der Waals surface area (Å²) >= 11 is 0. The number of likely N-dealkylation sites (N-methyl/N-ethyl adjacent to an activating group) is 1. The van der Waals surface area contributed by atoms with E-state index in [0.717, 1.165) is 29.2 Å². The molecule has 9 nitrogen and oxygen atoms in total. The Balaban J connectivity index is 1.51. The predicted molar refractivity (Wildman–Crippen MR) is 181 cm³/mol. The molecule has 10 heteroatoms. The number of nitrogens with one attached hydrogen (secondary N) is 1. The van der Waals surface area contributed by atoms with E-state index in [4.69, 9.17) is 4.98 Å². The fourth-order valence-electron chi connectivity index (χ4n) is 6.66. The van der Waals surface area contributed by atoms with Crippen LogP contribution in [0.15, 0.2) is 54.9 Å². The van der Waals surface area contributed by atoms with E-state index in [2.05, 4.69) is 89.8 Å². The number of piperazine rings is 1. The van der Waals surface area contributed by atoms with Gasteiger partial charge in [0.2, 0.25) is 0 Å². The molecule has 3 heterocycles. The molecule has 2 aromatic carbocycles. The second-order valence-electron chi connectivity index (χ2n) is 12.8. The topological polar surface area (TPSA) is 95.8 Å². The third kappa shape index (κ3) is 6.85. The summed E-state index contributed by atoms with van der Waals surface area (Å²) in [6.07, 6.45) is 0.770. The highest BCUT2D eigenvalue weighted by Gasteiger charge is 2.34. The number of halogens is 1. The third-order valence-electron chi connectivity index (χ3n) is 9.29. The van der Waals surface area contributed by atoms with Gasteiger partial charge in [0.25, 0.3) is 11.8 Å². The van der Waals surface area contributed by atoms with E-state index in [0.29, 0.717) is 44.3 Å². The van der Waals surface area contributed by atoms with Gasteiger partial charge >= 0.3 is 0 Å². The van der Waals surface area contributed by atoms with Gasteiger partial charge in [-0.15, -0.1) is 0 Å². The van der Waals surface area contributed by atoms with Crippen LogP contribution in [-0.2, 0) is 17.8 Å². The minimum Gasteiger partial charge on any atom is -0.367 e. The number of rotatable bonds is 9. The van der Waals surface area contributed by atoms with Crippen molar-refractivity contribution in [2.75, 3.05) is 49.6 Å². The van der Waals surface area contributed by atoms with Gasteiger partial charge in [-0.2, -0.15) is 5.26 Å². The van der Waals surface area contributed by atoms with Crippen LogP contribution in [0, 0.1) is 18.3 Å². The van der Waals surface area contributed by atoms with Gasteiger partial charge in [-0.05, 0) is 64.2 Å². The second kappa shape index (κ2) is 13.9. The maximum absolute atomic E-state index is 13.9. The number of amides is 2. The number of nitriles is 1. The first kappa shape index (κ1) is 32.9. The van der Waals surface area contributed by atoms with Crippen molar-refractivity contribution in [1.82, 2.24) is 20.1 Å². The number of nitrogens with zero attached hydrogens (tertiary/aromatic N) is 6. The lowest BCUT2D eigenvalue weighted by Crippen LogP contribution is -2.55. The number of carbonyl (C=O) groups excluding carboxylic acids is 2. The highest BCUT2D eigenvalue weighted by molar-refractivity contribution is 5.97. The van der Waals surface area contributed by atoms with E-state index >= 15 is 0 Å². The highest BCUT2D eigenvalue weighted by atomic mass is 19.1. The Morgan fingerprint density at radius 1 is 1.13 bits per heavy atom. The van der Waals surface area contributed by atoms with Crippen LogP contribution in [0.2, 0.25) is 0 Å². The Morgan fingerprint density at radius 2 is 1.87 bits per heavy atom. The first-order valence-corrected chi connectivity index (χ1v) is 16.0. The van der Waals surface area contributed by atoms with E-state index < -0.39 is 17.8 Å². The molecule has 1 aromatic heterocycles. The van der Waals surface area contributed by atoms with E-state index in [9.17, 15) is 19.2 Å². The molecule has 0 radical (unpaired) electrons. The fourth-order valence-corrected chi connectivity index (χ4v) is 6.66. The Labute approximate surface area is 271 Å². The number of aryl methyl sites for hydroxylation is 1. The van der Waals surface area contributed by atoms with Crippen LogP contribution in [0.25, 0.3) is 10.8 Å². The molecule has 2 aliphatic rings. The number of aromatic nitrogens is 1. The molecule has 46 heavy (non-hydrogen) atoms. The number of fused-ring (bicyclic) bond motifs is 2. The molecule has 2 amide bonds. The van der Waals surface area contributed by atoms with E-state index in [1.807, 2.05) is 20.0 Å². The van der Waals surface area contributed by atoms with Gasteiger partial charge in [0.15, 0.2) is 5.83 Å². The number of benzene rings is 2. The average molecular weight is 626 g/mol. The van der Waals surface area contributed by atoms with Crippen LogP contribution in [-0.4, -0.2) is 84.5 Å². The lowest BCUT2D eigenvalue weighted by atomic mass is 9.97. The van der Waals surface area contributed by atoms with Crippen LogP contribution in [0.4, 0.5) is 15.8 Å². The zero-order valence-corrected chi connectivity index (χ0v) is 27.5. The largest absolute Gasteiger partial charge is 0.367 e. The summed E-state index contributed by atoms with van der Waals surface area (Å²) in [5.74, 6) is -2.06. The summed E-state index contributed by atoms with van der Waals surface area (Å²) < 4.78 is 13.9. The van der Waals surface area contributed by atoms with E-state index in [-0.39, 0.29) is 24.9 Å². The van der Waals surface area contributed by atoms with Crippen LogP contribution in [0.1, 0.15) is 54.5 Å². The molecular weight excluding hydrogens is 581 g/mol. The van der Waals surface area contributed by atoms with Crippen molar-refractivity contribution < 1.29 is 14.0 Å². The number of hydrogen-bond acceptors (Lipinski definition) is 7. The normalized spacial score (nSPS) is 17.2. The number of anilines is 2.